The number of carbonyl (C=O) groups excluding carboxylic acids is 2. The smallest absolute Gasteiger partial charge is 0.340 e. The van der Waals surface area contributed by atoms with Crippen LogP contribution in [-0.2, 0) is 19.6 Å². The normalized spacial score (nSPS) is 27.8. The fraction of sp³-hybridized carbons (Fsp3) is 0.440. The van der Waals surface area contributed by atoms with Crippen molar-refractivity contribution in [2.75, 3.05) is 11.3 Å². The van der Waals surface area contributed by atoms with E-state index in [2.05, 4.69) is 4.72 Å². The second-order valence-corrected chi connectivity index (χ2v) is 11.5. The highest BCUT2D eigenvalue weighted by molar-refractivity contribution is 7.92. The van der Waals surface area contributed by atoms with Crippen molar-refractivity contribution in [2.24, 2.45) is 23.2 Å². The molecule has 33 heavy (non-hydrogen) atoms. The zero-order chi connectivity index (χ0) is 23.2. The van der Waals surface area contributed by atoms with E-state index in [0.717, 1.165) is 43.5 Å². The lowest BCUT2D eigenvalue weighted by atomic mass is 9.48. The minimum absolute atomic E-state index is 0.0145. The van der Waals surface area contributed by atoms with Gasteiger partial charge in [0.25, 0.3) is 10.0 Å². The van der Waals surface area contributed by atoms with Crippen molar-refractivity contribution in [1.82, 2.24) is 0 Å². The van der Waals surface area contributed by atoms with Crippen molar-refractivity contribution in [3.63, 3.8) is 0 Å². The first-order chi connectivity index (χ1) is 15.7. The van der Waals surface area contributed by atoms with Crippen LogP contribution in [0.25, 0.3) is 0 Å². The molecule has 0 heterocycles. The zero-order valence-electron chi connectivity index (χ0n) is 18.1. The number of anilines is 1. The highest BCUT2D eigenvalue weighted by atomic mass is 32.2. The number of ether oxygens (including phenoxy) is 1. The van der Waals surface area contributed by atoms with Crippen LogP contribution in [0, 0.1) is 29.0 Å². The van der Waals surface area contributed by atoms with E-state index in [0.29, 0.717) is 17.8 Å². The van der Waals surface area contributed by atoms with E-state index in [1.54, 1.807) is 12.1 Å². The number of hydrogen-bond acceptors (Lipinski definition) is 5. The van der Waals surface area contributed by atoms with Crippen molar-refractivity contribution in [2.45, 2.75) is 43.4 Å². The van der Waals surface area contributed by atoms with Gasteiger partial charge in [-0.2, -0.15) is 0 Å². The maximum absolute atomic E-state index is 13.2. The summed E-state index contributed by atoms with van der Waals surface area (Å²) in [6.45, 7) is -0.302. The summed E-state index contributed by atoms with van der Waals surface area (Å²) in [5.74, 6) is 0.499. The monoisotopic (exact) mass is 471 g/mol. The van der Waals surface area contributed by atoms with E-state index < -0.39 is 21.8 Å². The Hall–Kier alpha value is -2.74. The lowest BCUT2D eigenvalue weighted by molar-refractivity contribution is -0.147. The average molecular weight is 472 g/mol. The van der Waals surface area contributed by atoms with Gasteiger partial charge in [0.05, 0.1) is 16.1 Å². The zero-order valence-corrected chi connectivity index (χ0v) is 18.9. The standard InChI is InChI=1S/C25H26FNO5S/c26-19-5-7-20(8-6-19)33(30,31)27-22-4-2-1-3-21(22)24(29)32-15-23(28)25-12-16-9-17(13-25)11-18(10-16)14-25/h1-8,16-18,27H,9-15H2. The van der Waals surface area contributed by atoms with E-state index >= 15 is 0 Å². The second kappa shape index (κ2) is 8.24. The summed E-state index contributed by atoms with van der Waals surface area (Å²) in [4.78, 5) is 25.8. The van der Waals surface area contributed by atoms with Gasteiger partial charge in [-0.1, -0.05) is 12.1 Å². The topological polar surface area (TPSA) is 89.5 Å². The Bertz CT molecular complexity index is 1160. The fourth-order valence-electron chi connectivity index (χ4n) is 6.38. The predicted molar refractivity (Wildman–Crippen MR) is 120 cm³/mol. The molecule has 6 rings (SSSR count). The molecule has 0 aromatic heterocycles. The Morgan fingerprint density at radius 3 is 2.12 bits per heavy atom. The maximum Gasteiger partial charge on any atom is 0.340 e. The third-order valence-electron chi connectivity index (χ3n) is 7.48. The first-order valence-electron chi connectivity index (χ1n) is 11.3. The van der Waals surface area contributed by atoms with Gasteiger partial charge in [-0.15, -0.1) is 0 Å². The van der Waals surface area contributed by atoms with Crippen LogP contribution >= 0.6 is 0 Å². The first-order valence-corrected chi connectivity index (χ1v) is 12.8. The van der Waals surface area contributed by atoms with Crippen molar-refractivity contribution in [3.8, 4) is 0 Å². The molecule has 4 bridgehead atoms. The highest BCUT2D eigenvalue weighted by Gasteiger charge is 2.54. The molecule has 0 aliphatic heterocycles. The number of Topliss-reactive ketones (excluding diaryl/α,β-unsaturated/α-hetero) is 1. The molecule has 0 unspecified atom stereocenters. The van der Waals surface area contributed by atoms with Crippen LogP contribution in [-0.4, -0.2) is 26.8 Å². The Kier molecular flexibility index (Phi) is 5.51. The second-order valence-electron chi connectivity index (χ2n) is 9.80. The van der Waals surface area contributed by atoms with Gasteiger partial charge in [-0.05, 0) is 92.7 Å². The molecule has 4 aliphatic carbocycles. The molecule has 174 valence electrons. The largest absolute Gasteiger partial charge is 0.454 e. The van der Waals surface area contributed by atoms with E-state index in [9.17, 15) is 22.4 Å². The summed E-state index contributed by atoms with van der Waals surface area (Å²) in [6, 6.07) is 10.4. The number of halogens is 1. The molecule has 0 spiro atoms. The van der Waals surface area contributed by atoms with Gasteiger partial charge in [0.1, 0.15) is 5.82 Å². The van der Waals surface area contributed by atoms with Crippen LogP contribution < -0.4 is 4.72 Å². The summed E-state index contributed by atoms with van der Waals surface area (Å²) in [7, 11) is -4.04. The van der Waals surface area contributed by atoms with Crippen molar-refractivity contribution in [3.05, 3.63) is 59.9 Å². The van der Waals surface area contributed by atoms with Gasteiger partial charge in [0.2, 0.25) is 0 Å². The third-order valence-corrected chi connectivity index (χ3v) is 8.86. The average Bonchev–Trinajstić information content (AvgIpc) is 2.76. The van der Waals surface area contributed by atoms with Crippen molar-refractivity contribution in [1.29, 1.82) is 0 Å². The summed E-state index contributed by atoms with van der Waals surface area (Å²) in [6.07, 6.45) is 6.33. The van der Waals surface area contributed by atoms with E-state index in [-0.39, 0.29) is 34.0 Å². The summed E-state index contributed by atoms with van der Waals surface area (Å²) < 4.78 is 46.2. The van der Waals surface area contributed by atoms with Gasteiger partial charge < -0.3 is 4.74 Å². The van der Waals surface area contributed by atoms with E-state index in [4.69, 9.17) is 4.74 Å². The molecule has 2 aromatic carbocycles. The number of esters is 1. The maximum atomic E-state index is 13.2. The Morgan fingerprint density at radius 2 is 1.52 bits per heavy atom. The van der Waals surface area contributed by atoms with Gasteiger partial charge in [-0.25, -0.2) is 17.6 Å². The van der Waals surface area contributed by atoms with E-state index in [1.807, 2.05) is 0 Å². The van der Waals surface area contributed by atoms with Crippen LogP contribution in [0.3, 0.4) is 0 Å². The number of sulfonamides is 1. The number of rotatable bonds is 7. The number of para-hydroxylation sites is 1. The SMILES string of the molecule is O=C(OCC(=O)C12CC3CC(CC(C3)C1)C2)c1ccccc1NS(=O)(=O)c1ccc(F)cc1. The minimum Gasteiger partial charge on any atom is -0.454 e. The van der Waals surface area contributed by atoms with Crippen LogP contribution in [0.5, 0.6) is 0 Å². The molecule has 4 saturated carbocycles. The number of nitrogens with one attached hydrogen (secondary N) is 1. The highest BCUT2D eigenvalue weighted by Crippen LogP contribution is 2.60. The lowest BCUT2D eigenvalue weighted by Gasteiger charge is -2.55. The summed E-state index contributed by atoms with van der Waals surface area (Å²) in [5, 5.41) is 0. The van der Waals surface area contributed by atoms with Gasteiger partial charge >= 0.3 is 5.97 Å². The van der Waals surface area contributed by atoms with Crippen LogP contribution in [0.1, 0.15) is 48.9 Å². The number of ketones is 1. The number of benzene rings is 2. The Balaban J connectivity index is 1.28. The Morgan fingerprint density at radius 1 is 0.939 bits per heavy atom. The Labute approximate surface area is 192 Å². The predicted octanol–water partition coefficient (Wildman–Crippen LogP) is 4.57. The molecular weight excluding hydrogens is 445 g/mol. The van der Waals surface area contributed by atoms with Crippen molar-refractivity contribution < 1.29 is 27.1 Å². The molecule has 0 radical (unpaired) electrons. The molecular formula is C25H26FNO5S. The molecule has 1 N–H and O–H groups in total. The van der Waals surface area contributed by atoms with Crippen molar-refractivity contribution >= 4 is 27.5 Å². The number of carbonyl (C=O) groups is 2. The summed E-state index contributed by atoms with van der Waals surface area (Å²) in [5.41, 5.74) is -0.311. The molecule has 0 atom stereocenters. The number of hydrogen-bond donors (Lipinski definition) is 1. The molecule has 4 fully saturated rings. The van der Waals surface area contributed by atoms with E-state index in [1.165, 1.54) is 31.4 Å². The molecule has 4 aliphatic rings. The fourth-order valence-corrected chi connectivity index (χ4v) is 7.46. The summed E-state index contributed by atoms with van der Waals surface area (Å²) >= 11 is 0. The quantitative estimate of drug-likeness (QED) is 0.598. The molecule has 0 amide bonds. The van der Waals surface area contributed by atoms with Gasteiger partial charge in [0, 0.05) is 5.41 Å². The van der Waals surface area contributed by atoms with Crippen LogP contribution in [0.15, 0.2) is 53.4 Å². The minimum atomic E-state index is -4.04. The van der Waals surface area contributed by atoms with Crippen LogP contribution in [0.2, 0.25) is 0 Å². The lowest BCUT2D eigenvalue weighted by Crippen LogP contribution is -2.51. The molecule has 2 aromatic rings. The molecule has 8 heteroatoms. The van der Waals surface area contributed by atoms with Gasteiger partial charge in [-0.3, -0.25) is 9.52 Å². The first kappa shape index (κ1) is 22.1. The molecule has 0 saturated heterocycles. The molecule has 6 nitrogen and oxygen atoms in total. The van der Waals surface area contributed by atoms with Crippen LogP contribution in [0.4, 0.5) is 10.1 Å². The van der Waals surface area contributed by atoms with Gasteiger partial charge in [0.15, 0.2) is 12.4 Å². The third kappa shape index (κ3) is 4.28.